The van der Waals surface area contributed by atoms with Gasteiger partial charge in [-0.25, -0.2) is 0 Å². The summed E-state index contributed by atoms with van der Waals surface area (Å²) in [5, 5.41) is 0. The molecule has 3 rings (SSSR count). The van der Waals surface area contributed by atoms with Crippen LogP contribution in [0.2, 0.25) is 0 Å². The van der Waals surface area contributed by atoms with E-state index in [0.717, 1.165) is 36.1 Å². The fraction of sp³-hybridized carbons (Fsp3) is 0.562. The Kier molecular flexibility index (Phi) is 3.09. The molecule has 1 aromatic rings. The second-order valence-electron chi connectivity index (χ2n) is 6.05. The van der Waals surface area contributed by atoms with Gasteiger partial charge in [0, 0.05) is 17.5 Å². The summed E-state index contributed by atoms with van der Waals surface area (Å²) in [6, 6.07) is 5.75. The van der Waals surface area contributed by atoms with Gasteiger partial charge in [0.25, 0.3) is 0 Å². The quantitative estimate of drug-likeness (QED) is 0.837. The van der Waals surface area contributed by atoms with Crippen LogP contribution in [0, 0.1) is 0 Å². The zero-order valence-corrected chi connectivity index (χ0v) is 11.6. The van der Waals surface area contributed by atoms with Crippen molar-refractivity contribution in [2.24, 2.45) is 0 Å². The normalized spacial score (nSPS) is 24.5. The van der Waals surface area contributed by atoms with E-state index in [1.807, 2.05) is 18.2 Å². The van der Waals surface area contributed by atoms with Crippen molar-refractivity contribution >= 4 is 5.78 Å². The first kappa shape index (κ1) is 12.7. The maximum absolute atomic E-state index is 11.7. The molecule has 0 radical (unpaired) electrons. The number of ether oxygens (including phenoxy) is 2. The average molecular weight is 260 g/mol. The van der Waals surface area contributed by atoms with E-state index in [1.165, 1.54) is 0 Å². The molecule has 1 fully saturated rings. The number of fused-ring (bicyclic) bond motifs is 1. The van der Waals surface area contributed by atoms with Gasteiger partial charge in [-0.05, 0) is 39.2 Å². The van der Waals surface area contributed by atoms with Gasteiger partial charge in [0.15, 0.2) is 5.78 Å². The lowest BCUT2D eigenvalue weighted by Gasteiger charge is -2.20. The third kappa shape index (κ3) is 2.52. The van der Waals surface area contributed by atoms with Gasteiger partial charge >= 0.3 is 0 Å². The van der Waals surface area contributed by atoms with E-state index in [0.29, 0.717) is 13.0 Å². The summed E-state index contributed by atoms with van der Waals surface area (Å²) < 4.78 is 11.8. The van der Waals surface area contributed by atoms with Crippen LogP contribution in [-0.2, 0) is 11.2 Å². The highest BCUT2D eigenvalue weighted by Gasteiger charge is 2.32. The van der Waals surface area contributed by atoms with Gasteiger partial charge in [-0.1, -0.05) is 12.1 Å². The number of benzene rings is 1. The average Bonchev–Trinajstić information content (AvgIpc) is 2.91. The molecule has 0 bridgehead atoms. The lowest BCUT2D eigenvalue weighted by molar-refractivity contribution is -0.0327. The summed E-state index contributed by atoms with van der Waals surface area (Å²) in [4.78, 5) is 11.7. The van der Waals surface area contributed by atoms with Gasteiger partial charge < -0.3 is 9.47 Å². The molecule has 0 amide bonds. The van der Waals surface area contributed by atoms with E-state index < -0.39 is 0 Å². The molecule has 1 atom stereocenters. The zero-order chi connectivity index (χ0) is 13.5. The summed E-state index contributed by atoms with van der Waals surface area (Å²) in [6.07, 6.45) is 3.71. The number of hydrogen-bond acceptors (Lipinski definition) is 3. The molecule has 2 aliphatic rings. The van der Waals surface area contributed by atoms with E-state index in [-0.39, 0.29) is 17.5 Å². The molecule has 1 aliphatic heterocycles. The zero-order valence-electron chi connectivity index (χ0n) is 11.6. The second-order valence-corrected chi connectivity index (χ2v) is 6.05. The SMILES string of the molecule is CC1(C)CCC(COc2cccc3c2CCC3=O)O1. The molecule has 1 aromatic carbocycles. The van der Waals surface area contributed by atoms with Crippen LogP contribution in [0.3, 0.4) is 0 Å². The topological polar surface area (TPSA) is 35.5 Å². The number of ketones is 1. The first-order chi connectivity index (χ1) is 9.05. The van der Waals surface area contributed by atoms with Crippen molar-refractivity contribution < 1.29 is 14.3 Å². The molecule has 102 valence electrons. The molecule has 0 aromatic heterocycles. The fourth-order valence-electron chi connectivity index (χ4n) is 2.97. The van der Waals surface area contributed by atoms with E-state index >= 15 is 0 Å². The molecule has 1 unspecified atom stereocenters. The van der Waals surface area contributed by atoms with Gasteiger partial charge in [-0.3, -0.25) is 4.79 Å². The van der Waals surface area contributed by atoms with Crippen molar-refractivity contribution in [2.75, 3.05) is 6.61 Å². The van der Waals surface area contributed by atoms with Crippen molar-refractivity contribution in [3.8, 4) is 5.75 Å². The van der Waals surface area contributed by atoms with E-state index in [4.69, 9.17) is 9.47 Å². The number of carbonyl (C=O) groups excluding carboxylic acids is 1. The van der Waals surface area contributed by atoms with Crippen LogP contribution in [-0.4, -0.2) is 24.1 Å². The Hall–Kier alpha value is -1.35. The first-order valence-electron chi connectivity index (χ1n) is 7.01. The van der Waals surface area contributed by atoms with Gasteiger partial charge in [-0.15, -0.1) is 0 Å². The second kappa shape index (κ2) is 4.64. The summed E-state index contributed by atoms with van der Waals surface area (Å²) in [5.74, 6) is 1.09. The van der Waals surface area contributed by atoms with Gasteiger partial charge in [0.2, 0.25) is 0 Å². The number of rotatable bonds is 3. The van der Waals surface area contributed by atoms with Crippen LogP contribution >= 0.6 is 0 Å². The third-order valence-electron chi connectivity index (χ3n) is 4.01. The highest BCUT2D eigenvalue weighted by molar-refractivity contribution is 6.01. The third-order valence-corrected chi connectivity index (χ3v) is 4.01. The molecule has 0 saturated carbocycles. The molecular formula is C16H20O3. The van der Waals surface area contributed by atoms with E-state index in [9.17, 15) is 4.79 Å². The minimum absolute atomic E-state index is 0.0252. The minimum Gasteiger partial charge on any atom is -0.491 e. The number of hydrogen-bond donors (Lipinski definition) is 0. The molecule has 0 N–H and O–H groups in total. The molecule has 1 aliphatic carbocycles. The Morgan fingerprint density at radius 2 is 2.21 bits per heavy atom. The Labute approximate surface area is 113 Å². The Balaban J connectivity index is 1.67. The number of Topliss-reactive ketones (excluding diaryl/α,β-unsaturated/α-hetero) is 1. The fourth-order valence-corrected chi connectivity index (χ4v) is 2.97. The van der Waals surface area contributed by atoms with Crippen LogP contribution in [0.15, 0.2) is 18.2 Å². The van der Waals surface area contributed by atoms with Crippen LogP contribution in [0.4, 0.5) is 0 Å². The first-order valence-corrected chi connectivity index (χ1v) is 7.01. The Morgan fingerprint density at radius 3 is 2.95 bits per heavy atom. The van der Waals surface area contributed by atoms with Gasteiger partial charge in [0.05, 0.1) is 11.7 Å². The maximum atomic E-state index is 11.7. The lowest BCUT2D eigenvalue weighted by atomic mass is 10.1. The molecule has 3 nitrogen and oxygen atoms in total. The van der Waals surface area contributed by atoms with Crippen molar-refractivity contribution in [1.29, 1.82) is 0 Å². The molecule has 0 spiro atoms. The standard InChI is InChI=1S/C16H20O3/c1-16(2)9-8-11(19-16)10-18-15-5-3-4-12-13(15)6-7-14(12)17/h3-5,11H,6-10H2,1-2H3. The summed E-state index contributed by atoms with van der Waals surface area (Å²) in [7, 11) is 0. The predicted molar refractivity (Wildman–Crippen MR) is 72.8 cm³/mol. The van der Waals surface area contributed by atoms with Crippen molar-refractivity contribution in [2.45, 2.75) is 51.2 Å². The van der Waals surface area contributed by atoms with Gasteiger partial charge in [-0.2, -0.15) is 0 Å². The highest BCUT2D eigenvalue weighted by Crippen LogP contribution is 2.33. The summed E-state index contributed by atoms with van der Waals surface area (Å²) >= 11 is 0. The molecule has 19 heavy (non-hydrogen) atoms. The lowest BCUT2D eigenvalue weighted by Crippen LogP contribution is -2.24. The van der Waals surface area contributed by atoms with Crippen LogP contribution in [0.25, 0.3) is 0 Å². The predicted octanol–water partition coefficient (Wildman–Crippen LogP) is 3.15. The van der Waals surface area contributed by atoms with Crippen molar-refractivity contribution in [3.05, 3.63) is 29.3 Å². The van der Waals surface area contributed by atoms with Crippen LogP contribution in [0.5, 0.6) is 5.75 Å². The Bertz CT molecular complexity index is 505. The number of carbonyl (C=O) groups is 1. The minimum atomic E-state index is -0.0252. The van der Waals surface area contributed by atoms with Crippen LogP contribution < -0.4 is 4.74 Å². The Morgan fingerprint density at radius 1 is 1.37 bits per heavy atom. The molecule has 1 saturated heterocycles. The molecule has 3 heteroatoms. The van der Waals surface area contributed by atoms with Gasteiger partial charge in [0.1, 0.15) is 12.4 Å². The molecule has 1 heterocycles. The van der Waals surface area contributed by atoms with Crippen molar-refractivity contribution in [1.82, 2.24) is 0 Å². The summed E-state index contributed by atoms with van der Waals surface area (Å²) in [6.45, 7) is 4.81. The summed E-state index contributed by atoms with van der Waals surface area (Å²) in [5.41, 5.74) is 1.89. The molecular weight excluding hydrogens is 240 g/mol. The maximum Gasteiger partial charge on any atom is 0.163 e. The van der Waals surface area contributed by atoms with E-state index in [1.54, 1.807) is 0 Å². The largest absolute Gasteiger partial charge is 0.491 e. The monoisotopic (exact) mass is 260 g/mol. The van der Waals surface area contributed by atoms with Crippen LogP contribution in [0.1, 0.15) is 49.0 Å². The van der Waals surface area contributed by atoms with E-state index in [2.05, 4.69) is 13.8 Å². The smallest absolute Gasteiger partial charge is 0.163 e. The van der Waals surface area contributed by atoms with Crippen molar-refractivity contribution in [3.63, 3.8) is 0 Å². The highest BCUT2D eigenvalue weighted by atomic mass is 16.6.